The molecule has 5 heteroatoms. The highest BCUT2D eigenvalue weighted by atomic mass is 32.2. The number of hydrogen-bond donors (Lipinski definition) is 2. The lowest BCUT2D eigenvalue weighted by Gasteiger charge is -2.30. The maximum Gasteiger partial charge on any atom is 0.231 e. The molecule has 2 N–H and O–H groups in total. The number of hydrogen-bond acceptors (Lipinski definition) is 4. The molecule has 1 atom stereocenters. The molecule has 0 saturated heterocycles. The summed E-state index contributed by atoms with van der Waals surface area (Å²) in [7, 11) is 0. The Labute approximate surface area is 135 Å². The lowest BCUT2D eigenvalue weighted by atomic mass is 9.83. The highest BCUT2D eigenvalue weighted by Gasteiger charge is 2.43. The second kappa shape index (κ2) is 7.16. The van der Waals surface area contributed by atoms with Crippen molar-refractivity contribution in [2.24, 2.45) is 0 Å². The Hall–Kier alpha value is -0.520. The van der Waals surface area contributed by atoms with Crippen LogP contribution in [0.5, 0.6) is 0 Å². The first-order valence-electron chi connectivity index (χ1n) is 7.54. The summed E-state index contributed by atoms with van der Waals surface area (Å²) >= 11 is 3.38. The van der Waals surface area contributed by atoms with Crippen molar-refractivity contribution in [3.8, 4) is 0 Å². The van der Waals surface area contributed by atoms with Crippen LogP contribution in [0, 0.1) is 0 Å². The van der Waals surface area contributed by atoms with Gasteiger partial charge in [-0.25, -0.2) is 0 Å². The smallest absolute Gasteiger partial charge is 0.231 e. The van der Waals surface area contributed by atoms with Crippen molar-refractivity contribution in [2.45, 2.75) is 50.0 Å². The van der Waals surface area contributed by atoms with Gasteiger partial charge in [0.1, 0.15) is 0 Å². The number of rotatable bonds is 7. The van der Waals surface area contributed by atoms with Gasteiger partial charge in [-0.15, -0.1) is 11.3 Å². The predicted molar refractivity (Wildman–Crippen MR) is 91.1 cm³/mol. The van der Waals surface area contributed by atoms with E-state index in [9.17, 15) is 9.90 Å². The predicted octanol–water partition coefficient (Wildman–Crippen LogP) is 3.18. The van der Waals surface area contributed by atoms with Gasteiger partial charge in [0.15, 0.2) is 0 Å². The molecular formula is C16H25NO2S2. The topological polar surface area (TPSA) is 49.3 Å². The van der Waals surface area contributed by atoms with Gasteiger partial charge in [-0.3, -0.25) is 4.79 Å². The van der Waals surface area contributed by atoms with Crippen LogP contribution in [0.1, 0.15) is 43.9 Å². The summed E-state index contributed by atoms with van der Waals surface area (Å²) in [6.45, 7) is 2.13. The molecule has 21 heavy (non-hydrogen) atoms. The molecule has 1 heterocycles. The molecule has 1 aliphatic rings. The molecule has 1 aromatic rings. The van der Waals surface area contributed by atoms with E-state index < -0.39 is 5.60 Å². The van der Waals surface area contributed by atoms with Gasteiger partial charge in [0.2, 0.25) is 5.91 Å². The fourth-order valence-corrected chi connectivity index (χ4v) is 4.59. The van der Waals surface area contributed by atoms with Crippen molar-refractivity contribution in [3.63, 3.8) is 0 Å². The molecule has 3 nitrogen and oxygen atoms in total. The number of thiophene rings is 1. The van der Waals surface area contributed by atoms with Crippen LogP contribution in [-0.4, -0.2) is 35.2 Å². The molecule has 1 aliphatic carbocycles. The molecule has 0 radical (unpaired) electrons. The Morgan fingerprint density at radius 2 is 2.24 bits per heavy atom. The molecule has 1 amide bonds. The van der Waals surface area contributed by atoms with E-state index in [1.165, 1.54) is 4.88 Å². The lowest BCUT2D eigenvalue weighted by molar-refractivity contribution is -0.127. The van der Waals surface area contributed by atoms with E-state index in [-0.39, 0.29) is 11.3 Å². The Morgan fingerprint density at radius 3 is 2.81 bits per heavy atom. The Morgan fingerprint density at radius 1 is 1.52 bits per heavy atom. The summed E-state index contributed by atoms with van der Waals surface area (Å²) in [5, 5.41) is 15.4. The van der Waals surface area contributed by atoms with Crippen LogP contribution in [0.15, 0.2) is 17.5 Å². The third-order valence-electron chi connectivity index (χ3n) is 4.36. The van der Waals surface area contributed by atoms with E-state index in [2.05, 4.69) is 11.4 Å². The Balaban J connectivity index is 2.01. The van der Waals surface area contributed by atoms with Crippen LogP contribution in [-0.2, 0) is 10.2 Å². The molecular weight excluding hydrogens is 302 g/mol. The molecule has 1 aromatic heterocycles. The van der Waals surface area contributed by atoms with Gasteiger partial charge in [0, 0.05) is 11.4 Å². The third-order valence-corrected chi connectivity index (χ3v) is 6.05. The molecule has 1 saturated carbocycles. The van der Waals surface area contributed by atoms with E-state index in [0.29, 0.717) is 13.0 Å². The van der Waals surface area contributed by atoms with Gasteiger partial charge >= 0.3 is 0 Å². The van der Waals surface area contributed by atoms with Crippen LogP contribution in [0.2, 0.25) is 0 Å². The lowest BCUT2D eigenvalue weighted by Crippen LogP contribution is -2.48. The highest BCUT2D eigenvalue weighted by Crippen LogP contribution is 2.43. The summed E-state index contributed by atoms with van der Waals surface area (Å²) < 4.78 is 0. The molecule has 0 spiro atoms. The van der Waals surface area contributed by atoms with Crippen molar-refractivity contribution >= 4 is 29.0 Å². The largest absolute Gasteiger partial charge is 0.388 e. The van der Waals surface area contributed by atoms with Crippen LogP contribution in [0.3, 0.4) is 0 Å². The summed E-state index contributed by atoms with van der Waals surface area (Å²) in [5.41, 5.74) is -1.18. The second-order valence-corrected chi connectivity index (χ2v) is 8.12. The molecule has 2 rings (SSSR count). The minimum absolute atomic E-state index is 0.0897. The van der Waals surface area contributed by atoms with Crippen LogP contribution in [0.4, 0.5) is 0 Å². The van der Waals surface area contributed by atoms with E-state index >= 15 is 0 Å². The normalized spacial score (nSPS) is 20.1. The summed E-state index contributed by atoms with van der Waals surface area (Å²) in [4.78, 5) is 13.9. The summed E-state index contributed by atoms with van der Waals surface area (Å²) in [6.07, 6.45) is 6.78. The summed E-state index contributed by atoms with van der Waals surface area (Å²) in [6, 6.07) is 4.09. The van der Waals surface area contributed by atoms with E-state index in [1.54, 1.807) is 30.0 Å². The highest BCUT2D eigenvalue weighted by molar-refractivity contribution is 7.98. The zero-order valence-corrected chi connectivity index (χ0v) is 14.5. The molecule has 118 valence electrons. The first-order chi connectivity index (χ1) is 10.0. The first kappa shape index (κ1) is 16.8. The van der Waals surface area contributed by atoms with Crippen LogP contribution < -0.4 is 5.32 Å². The van der Waals surface area contributed by atoms with Gasteiger partial charge in [0.05, 0.1) is 11.0 Å². The fraction of sp³-hybridized carbons (Fsp3) is 0.688. The van der Waals surface area contributed by atoms with Crippen molar-refractivity contribution in [1.29, 1.82) is 0 Å². The molecule has 0 unspecified atom stereocenters. The quantitative estimate of drug-likeness (QED) is 0.809. The van der Waals surface area contributed by atoms with Crippen LogP contribution >= 0.6 is 23.1 Å². The third kappa shape index (κ3) is 4.02. The minimum Gasteiger partial charge on any atom is -0.388 e. The van der Waals surface area contributed by atoms with Gasteiger partial charge in [0.25, 0.3) is 0 Å². The number of nitrogens with one attached hydrogen (secondary N) is 1. The molecule has 0 aliphatic heterocycles. The average molecular weight is 328 g/mol. The number of carbonyl (C=O) groups excluding carboxylic acids is 1. The number of thioether (sulfide) groups is 1. The van der Waals surface area contributed by atoms with Crippen molar-refractivity contribution in [1.82, 2.24) is 5.32 Å². The second-order valence-electron chi connectivity index (χ2n) is 6.19. The van der Waals surface area contributed by atoms with Crippen molar-refractivity contribution < 1.29 is 9.90 Å². The molecule has 0 aromatic carbocycles. The monoisotopic (exact) mass is 327 g/mol. The van der Waals surface area contributed by atoms with E-state index in [4.69, 9.17) is 0 Å². The Kier molecular flexibility index (Phi) is 5.74. The zero-order valence-electron chi connectivity index (χ0n) is 12.9. The van der Waals surface area contributed by atoms with Crippen molar-refractivity contribution in [3.05, 3.63) is 22.4 Å². The van der Waals surface area contributed by atoms with Crippen molar-refractivity contribution in [2.75, 3.05) is 18.6 Å². The number of amides is 1. The Bertz CT molecular complexity index is 451. The fourth-order valence-electron chi connectivity index (χ4n) is 2.96. The van der Waals surface area contributed by atoms with Gasteiger partial charge < -0.3 is 10.4 Å². The van der Waals surface area contributed by atoms with Gasteiger partial charge in [-0.05, 0) is 49.6 Å². The SMILES string of the molecule is CSCC[C@@](C)(O)CNC(=O)C1(c2cccs2)CCCC1. The average Bonchev–Trinajstić information content (AvgIpc) is 3.13. The molecule has 0 bridgehead atoms. The first-order valence-corrected chi connectivity index (χ1v) is 9.81. The summed E-state index contributed by atoms with van der Waals surface area (Å²) in [5.74, 6) is 0.991. The molecule has 1 fully saturated rings. The van der Waals surface area contributed by atoms with Gasteiger partial charge in [-0.2, -0.15) is 11.8 Å². The number of carbonyl (C=O) groups is 1. The minimum atomic E-state index is -0.825. The standard InChI is InChI=1S/C16H25NO2S2/c1-15(19,9-11-20-2)12-17-14(18)16(7-3-4-8-16)13-6-5-10-21-13/h5-6,10,19H,3-4,7-9,11-12H2,1-2H3,(H,17,18)/t15-/m1/s1. The van der Waals surface area contributed by atoms with Gasteiger partial charge in [-0.1, -0.05) is 18.9 Å². The number of aliphatic hydroxyl groups is 1. The van der Waals surface area contributed by atoms with E-state index in [1.807, 2.05) is 17.7 Å². The maximum atomic E-state index is 12.8. The van der Waals surface area contributed by atoms with Crippen LogP contribution in [0.25, 0.3) is 0 Å². The zero-order chi connectivity index (χ0) is 15.3. The maximum absolute atomic E-state index is 12.8. The van der Waals surface area contributed by atoms with E-state index in [0.717, 1.165) is 31.4 Å².